The van der Waals surface area contributed by atoms with Crippen molar-refractivity contribution in [1.82, 2.24) is 16.0 Å². The summed E-state index contributed by atoms with van der Waals surface area (Å²) >= 11 is 0. The van der Waals surface area contributed by atoms with Crippen LogP contribution in [0.15, 0.2) is 24.3 Å². The summed E-state index contributed by atoms with van der Waals surface area (Å²) in [5.74, 6) is 0.319. The lowest BCUT2D eigenvalue weighted by Crippen LogP contribution is -2.50. The zero-order chi connectivity index (χ0) is 16.8. The lowest BCUT2D eigenvalue weighted by atomic mass is 9.94. The van der Waals surface area contributed by atoms with E-state index in [0.29, 0.717) is 5.92 Å². The van der Waals surface area contributed by atoms with Crippen molar-refractivity contribution in [3.8, 4) is 0 Å². The fourth-order valence-corrected chi connectivity index (χ4v) is 2.93. The maximum Gasteiger partial charge on any atom is 0.222 e. The third-order valence-corrected chi connectivity index (χ3v) is 4.42. The fourth-order valence-electron chi connectivity index (χ4n) is 2.93. The summed E-state index contributed by atoms with van der Waals surface area (Å²) in [7, 11) is 0. The molecule has 0 radical (unpaired) electrons. The largest absolute Gasteiger partial charge is 0.352 e. The molecule has 1 aromatic rings. The van der Waals surface area contributed by atoms with Crippen LogP contribution < -0.4 is 16.0 Å². The van der Waals surface area contributed by atoms with Gasteiger partial charge in [0.2, 0.25) is 11.8 Å². The number of hydrogen-bond acceptors (Lipinski definition) is 3. The lowest BCUT2D eigenvalue weighted by molar-refractivity contribution is -0.123. The molecule has 23 heavy (non-hydrogen) atoms. The van der Waals surface area contributed by atoms with Crippen LogP contribution in [0, 0.1) is 12.8 Å². The van der Waals surface area contributed by atoms with Crippen LogP contribution in [0.25, 0.3) is 0 Å². The van der Waals surface area contributed by atoms with Gasteiger partial charge in [0.25, 0.3) is 0 Å². The number of amides is 2. The molecule has 126 valence electrons. The Morgan fingerprint density at radius 2 is 2.00 bits per heavy atom. The van der Waals surface area contributed by atoms with Crippen molar-refractivity contribution in [2.24, 2.45) is 5.92 Å². The Morgan fingerprint density at radius 3 is 2.61 bits per heavy atom. The first-order valence-corrected chi connectivity index (χ1v) is 8.29. The van der Waals surface area contributed by atoms with Crippen molar-refractivity contribution in [2.75, 3.05) is 13.1 Å². The predicted octanol–water partition coefficient (Wildman–Crippen LogP) is 1.68. The molecule has 0 aromatic heterocycles. The SMILES string of the molecule is CC(=O)NC(CC(=O)NC1CNCCC1C)c1ccc(C)cc1. The predicted molar refractivity (Wildman–Crippen MR) is 90.9 cm³/mol. The number of carbonyl (C=O) groups is 2. The molecule has 3 unspecified atom stereocenters. The van der Waals surface area contributed by atoms with Crippen LogP contribution in [0.5, 0.6) is 0 Å². The van der Waals surface area contributed by atoms with Gasteiger partial charge in [-0.2, -0.15) is 0 Å². The number of benzene rings is 1. The van der Waals surface area contributed by atoms with Crippen molar-refractivity contribution in [3.63, 3.8) is 0 Å². The molecule has 0 spiro atoms. The minimum atomic E-state index is -0.292. The Kier molecular flexibility index (Phi) is 6.16. The molecule has 2 amide bonds. The van der Waals surface area contributed by atoms with E-state index in [0.717, 1.165) is 30.6 Å². The monoisotopic (exact) mass is 317 g/mol. The van der Waals surface area contributed by atoms with Gasteiger partial charge in [-0.1, -0.05) is 36.8 Å². The smallest absolute Gasteiger partial charge is 0.222 e. The summed E-state index contributed by atoms with van der Waals surface area (Å²) in [5, 5.41) is 9.29. The first kappa shape index (κ1) is 17.5. The lowest BCUT2D eigenvalue weighted by Gasteiger charge is -2.30. The summed E-state index contributed by atoms with van der Waals surface area (Å²) in [6.45, 7) is 7.47. The van der Waals surface area contributed by atoms with E-state index in [9.17, 15) is 9.59 Å². The normalized spacial score (nSPS) is 22.2. The number of carbonyl (C=O) groups excluding carboxylic acids is 2. The van der Waals surface area contributed by atoms with Gasteiger partial charge in [-0.15, -0.1) is 0 Å². The quantitative estimate of drug-likeness (QED) is 0.774. The van der Waals surface area contributed by atoms with Crippen LogP contribution in [0.2, 0.25) is 0 Å². The molecule has 1 fully saturated rings. The van der Waals surface area contributed by atoms with Crippen LogP contribution in [0.3, 0.4) is 0 Å². The fraction of sp³-hybridized carbons (Fsp3) is 0.556. The van der Waals surface area contributed by atoms with Crippen molar-refractivity contribution in [2.45, 2.75) is 45.7 Å². The molecule has 0 bridgehead atoms. The zero-order valence-electron chi connectivity index (χ0n) is 14.2. The standard InChI is InChI=1S/C18H27N3O2/c1-12-4-6-15(7-5-12)16(20-14(3)22)10-18(23)21-17-11-19-9-8-13(17)2/h4-7,13,16-17,19H,8-11H2,1-3H3,(H,20,22)(H,21,23). The van der Waals surface area contributed by atoms with Gasteiger partial charge in [-0.3, -0.25) is 9.59 Å². The molecule has 5 heteroatoms. The van der Waals surface area contributed by atoms with Crippen LogP contribution in [0.4, 0.5) is 0 Å². The molecule has 1 aromatic carbocycles. The topological polar surface area (TPSA) is 70.2 Å². The third kappa shape index (κ3) is 5.36. The Bertz CT molecular complexity index is 542. The van der Waals surface area contributed by atoms with Crippen molar-refractivity contribution in [3.05, 3.63) is 35.4 Å². The summed E-state index contributed by atoms with van der Waals surface area (Å²) in [4.78, 5) is 23.9. The van der Waals surface area contributed by atoms with Crippen molar-refractivity contribution in [1.29, 1.82) is 0 Å². The average Bonchev–Trinajstić information content (AvgIpc) is 2.49. The van der Waals surface area contributed by atoms with E-state index in [-0.39, 0.29) is 30.3 Å². The second-order valence-electron chi connectivity index (χ2n) is 6.51. The maximum atomic E-state index is 12.4. The molecule has 5 nitrogen and oxygen atoms in total. The highest BCUT2D eigenvalue weighted by Gasteiger charge is 2.24. The average molecular weight is 317 g/mol. The molecule has 1 aliphatic heterocycles. The van der Waals surface area contributed by atoms with E-state index in [2.05, 4.69) is 22.9 Å². The number of aryl methyl sites for hydroxylation is 1. The summed E-state index contributed by atoms with van der Waals surface area (Å²) in [6.07, 6.45) is 1.32. The van der Waals surface area contributed by atoms with Gasteiger partial charge in [-0.05, 0) is 31.4 Å². The minimum absolute atomic E-state index is 0.0233. The molecule has 3 atom stereocenters. The maximum absolute atomic E-state index is 12.4. The molecular weight excluding hydrogens is 290 g/mol. The molecule has 0 aliphatic carbocycles. The molecule has 0 saturated carbocycles. The van der Waals surface area contributed by atoms with E-state index < -0.39 is 0 Å². The molecule has 3 N–H and O–H groups in total. The highest BCUT2D eigenvalue weighted by Crippen LogP contribution is 2.18. The second-order valence-corrected chi connectivity index (χ2v) is 6.51. The van der Waals surface area contributed by atoms with E-state index in [1.165, 1.54) is 6.92 Å². The van der Waals surface area contributed by atoms with Crippen molar-refractivity contribution < 1.29 is 9.59 Å². The van der Waals surface area contributed by atoms with Gasteiger partial charge in [0, 0.05) is 19.5 Å². The Labute approximate surface area is 138 Å². The number of piperidine rings is 1. The molecular formula is C18H27N3O2. The number of rotatable bonds is 5. The molecule has 1 aliphatic rings. The van der Waals surface area contributed by atoms with Crippen LogP contribution in [0.1, 0.15) is 43.9 Å². The van der Waals surface area contributed by atoms with Gasteiger partial charge in [0.05, 0.1) is 12.5 Å². The zero-order valence-corrected chi connectivity index (χ0v) is 14.2. The third-order valence-electron chi connectivity index (χ3n) is 4.42. The number of hydrogen-bond donors (Lipinski definition) is 3. The van der Waals surface area contributed by atoms with E-state index in [4.69, 9.17) is 0 Å². The highest BCUT2D eigenvalue weighted by atomic mass is 16.2. The Balaban J connectivity index is 2.00. The van der Waals surface area contributed by atoms with Gasteiger partial charge in [0.1, 0.15) is 0 Å². The summed E-state index contributed by atoms with van der Waals surface area (Å²) < 4.78 is 0. The van der Waals surface area contributed by atoms with Gasteiger partial charge >= 0.3 is 0 Å². The van der Waals surface area contributed by atoms with Gasteiger partial charge < -0.3 is 16.0 Å². The minimum Gasteiger partial charge on any atom is -0.352 e. The number of nitrogens with one attached hydrogen (secondary N) is 3. The molecule has 2 rings (SSSR count). The Hall–Kier alpha value is -1.88. The highest BCUT2D eigenvalue weighted by molar-refractivity contribution is 5.79. The summed E-state index contributed by atoms with van der Waals surface area (Å²) in [6, 6.07) is 7.79. The van der Waals surface area contributed by atoms with Crippen LogP contribution in [-0.4, -0.2) is 30.9 Å². The molecule has 1 heterocycles. The summed E-state index contributed by atoms with van der Waals surface area (Å²) in [5.41, 5.74) is 2.11. The second kappa shape index (κ2) is 8.11. The van der Waals surface area contributed by atoms with E-state index in [1.807, 2.05) is 31.2 Å². The van der Waals surface area contributed by atoms with E-state index >= 15 is 0 Å². The van der Waals surface area contributed by atoms with Crippen LogP contribution in [-0.2, 0) is 9.59 Å². The van der Waals surface area contributed by atoms with Gasteiger partial charge in [-0.25, -0.2) is 0 Å². The van der Waals surface area contributed by atoms with Crippen molar-refractivity contribution >= 4 is 11.8 Å². The molecule has 1 saturated heterocycles. The van der Waals surface area contributed by atoms with Gasteiger partial charge in [0.15, 0.2) is 0 Å². The van der Waals surface area contributed by atoms with E-state index in [1.54, 1.807) is 0 Å². The Morgan fingerprint density at radius 1 is 1.30 bits per heavy atom. The first-order chi connectivity index (χ1) is 11.0. The van der Waals surface area contributed by atoms with Crippen LogP contribution >= 0.6 is 0 Å². The first-order valence-electron chi connectivity index (χ1n) is 8.29.